The minimum Gasteiger partial charge on any atom is -0.330 e. The Bertz CT molecular complexity index is 761. The van der Waals surface area contributed by atoms with E-state index < -0.39 is 0 Å². The van der Waals surface area contributed by atoms with Crippen LogP contribution in [0.2, 0.25) is 0 Å². The standard InChI is InChI=1S/C11H7BrFN3S2/c12-7-1-10-9(2-8(7)13)15-11(17)16(10)4-6-3-14-5-18-6/h1-3,5H,4H2,(H,15,17). The Morgan fingerprint density at radius 3 is 3.06 bits per heavy atom. The second kappa shape index (κ2) is 4.56. The summed E-state index contributed by atoms with van der Waals surface area (Å²) in [5.41, 5.74) is 3.36. The van der Waals surface area contributed by atoms with Crippen molar-refractivity contribution < 1.29 is 4.39 Å². The van der Waals surface area contributed by atoms with Crippen molar-refractivity contribution in [2.45, 2.75) is 6.54 Å². The number of aromatic nitrogens is 3. The molecule has 3 aromatic rings. The maximum atomic E-state index is 13.4. The lowest BCUT2D eigenvalue weighted by Gasteiger charge is -2.02. The number of thiazole rings is 1. The highest BCUT2D eigenvalue weighted by molar-refractivity contribution is 9.10. The summed E-state index contributed by atoms with van der Waals surface area (Å²) in [5, 5.41) is 0. The molecular weight excluding hydrogens is 337 g/mol. The summed E-state index contributed by atoms with van der Waals surface area (Å²) in [4.78, 5) is 8.15. The average molecular weight is 344 g/mol. The lowest BCUT2D eigenvalue weighted by atomic mass is 10.3. The highest BCUT2D eigenvalue weighted by Gasteiger charge is 2.09. The van der Waals surface area contributed by atoms with Crippen molar-refractivity contribution in [2.75, 3.05) is 0 Å². The van der Waals surface area contributed by atoms with Gasteiger partial charge in [0.25, 0.3) is 0 Å². The van der Waals surface area contributed by atoms with Crippen molar-refractivity contribution in [3.63, 3.8) is 0 Å². The van der Waals surface area contributed by atoms with Crippen LogP contribution in [-0.2, 0) is 6.54 Å². The first-order valence-corrected chi connectivity index (χ1v) is 7.18. The Morgan fingerprint density at radius 1 is 1.50 bits per heavy atom. The van der Waals surface area contributed by atoms with E-state index in [1.807, 2.05) is 10.8 Å². The predicted molar refractivity (Wildman–Crippen MR) is 76.0 cm³/mol. The predicted octanol–water partition coefficient (Wildman–Crippen LogP) is 4.11. The number of hydrogen-bond acceptors (Lipinski definition) is 3. The summed E-state index contributed by atoms with van der Waals surface area (Å²) in [6, 6.07) is 3.18. The van der Waals surface area contributed by atoms with Crippen LogP contribution in [0, 0.1) is 10.6 Å². The first kappa shape index (κ1) is 12.0. The van der Waals surface area contributed by atoms with Gasteiger partial charge in [0.1, 0.15) is 5.82 Å². The second-order valence-corrected chi connectivity index (χ2v) is 5.98. The molecule has 0 fully saturated rings. The smallest absolute Gasteiger partial charge is 0.178 e. The zero-order valence-corrected chi connectivity index (χ0v) is 12.2. The average Bonchev–Trinajstić information content (AvgIpc) is 2.92. The molecule has 1 aromatic carbocycles. The second-order valence-electron chi connectivity index (χ2n) is 3.77. The van der Waals surface area contributed by atoms with Crippen LogP contribution < -0.4 is 0 Å². The number of rotatable bonds is 2. The van der Waals surface area contributed by atoms with Crippen LogP contribution in [0.3, 0.4) is 0 Å². The molecule has 0 aliphatic carbocycles. The summed E-state index contributed by atoms with van der Waals surface area (Å²) in [6.45, 7) is 0.640. The number of nitrogens with zero attached hydrogens (tertiary/aromatic N) is 2. The van der Waals surface area contributed by atoms with Gasteiger partial charge in [-0.3, -0.25) is 4.98 Å². The summed E-state index contributed by atoms with van der Waals surface area (Å²) in [5.74, 6) is -0.302. The molecule has 0 bridgehead atoms. The van der Waals surface area contributed by atoms with Gasteiger partial charge >= 0.3 is 0 Å². The van der Waals surface area contributed by atoms with Gasteiger partial charge in [0.15, 0.2) is 4.77 Å². The number of fused-ring (bicyclic) bond motifs is 1. The molecule has 1 N–H and O–H groups in total. The molecule has 92 valence electrons. The molecule has 0 aliphatic rings. The Labute approximate surface area is 119 Å². The minimum atomic E-state index is -0.302. The first-order chi connectivity index (χ1) is 8.65. The highest BCUT2D eigenvalue weighted by Crippen LogP contribution is 2.24. The highest BCUT2D eigenvalue weighted by atomic mass is 79.9. The quantitative estimate of drug-likeness (QED) is 0.710. The molecule has 0 spiro atoms. The van der Waals surface area contributed by atoms with Gasteiger partial charge in [0, 0.05) is 17.1 Å². The monoisotopic (exact) mass is 343 g/mol. The van der Waals surface area contributed by atoms with E-state index in [0.29, 0.717) is 21.3 Å². The third kappa shape index (κ3) is 2.02. The molecule has 0 unspecified atom stereocenters. The molecular formula is C11H7BrFN3S2. The van der Waals surface area contributed by atoms with E-state index in [1.165, 1.54) is 6.07 Å². The lowest BCUT2D eigenvalue weighted by Crippen LogP contribution is -1.97. The molecule has 0 radical (unpaired) electrons. The first-order valence-electron chi connectivity index (χ1n) is 5.10. The van der Waals surface area contributed by atoms with Crippen LogP contribution >= 0.6 is 39.5 Å². The zero-order chi connectivity index (χ0) is 12.7. The third-order valence-electron chi connectivity index (χ3n) is 2.61. The number of benzene rings is 1. The number of halogens is 2. The van der Waals surface area contributed by atoms with E-state index in [2.05, 4.69) is 25.9 Å². The van der Waals surface area contributed by atoms with Gasteiger partial charge in [0.05, 0.1) is 27.6 Å². The van der Waals surface area contributed by atoms with Crippen molar-refractivity contribution in [1.82, 2.24) is 14.5 Å². The van der Waals surface area contributed by atoms with Crippen molar-refractivity contribution >= 4 is 50.5 Å². The summed E-state index contributed by atoms with van der Waals surface area (Å²) >= 11 is 10.0. The van der Waals surface area contributed by atoms with Crippen LogP contribution in [0.1, 0.15) is 4.88 Å². The van der Waals surface area contributed by atoms with E-state index in [4.69, 9.17) is 12.2 Å². The zero-order valence-electron chi connectivity index (χ0n) is 8.98. The molecule has 0 saturated heterocycles. The number of nitrogens with one attached hydrogen (secondary N) is 1. The molecule has 0 atom stereocenters. The van der Waals surface area contributed by atoms with E-state index in [0.717, 1.165) is 10.4 Å². The molecule has 0 saturated carbocycles. The van der Waals surface area contributed by atoms with Crippen LogP contribution in [0.5, 0.6) is 0 Å². The van der Waals surface area contributed by atoms with Gasteiger partial charge < -0.3 is 9.55 Å². The Balaban J connectivity index is 2.19. The summed E-state index contributed by atoms with van der Waals surface area (Å²) < 4.78 is 16.4. The molecule has 18 heavy (non-hydrogen) atoms. The molecule has 0 aliphatic heterocycles. The van der Waals surface area contributed by atoms with Gasteiger partial charge in [0.2, 0.25) is 0 Å². The Hall–Kier alpha value is -1.05. The van der Waals surface area contributed by atoms with Crippen molar-refractivity contribution in [1.29, 1.82) is 0 Å². The van der Waals surface area contributed by atoms with E-state index in [9.17, 15) is 4.39 Å². The maximum absolute atomic E-state index is 13.4. The minimum absolute atomic E-state index is 0.302. The molecule has 2 aromatic heterocycles. The normalized spacial score (nSPS) is 11.2. The van der Waals surface area contributed by atoms with E-state index in [1.54, 1.807) is 22.9 Å². The number of aromatic amines is 1. The largest absolute Gasteiger partial charge is 0.330 e. The molecule has 3 rings (SSSR count). The Kier molecular flexibility index (Phi) is 3.04. The van der Waals surface area contributed by atoms with Gasteiger partial charge in [-0.2, -0.15) is 0 Å². The molecule has 3 nitrogen and oxygen atoms in total. The van der Waals surface area contributed by atoms with Gasteiger partial charge in [-0.15, -0.1) is 11.3 Å². The van der Waals surface area contributed by atoms with Gasteiger partial charge in [-0.1, -0.05) is 0 Å². The summed E-state index contributed by atoms with van der Waals surface area (Å²) in [7, 11) is 0. The fourth-order valence-corrected chi connectivity index (χ4v) is 2.97. The van der Waals surface area contributed by atoms with Crippen LogP contribution in [0.15, 0.2) is 28.3 Å². The van der Waals surface area contributed by atoms with Crippen molar-refractivity contribution in [3.05, 3.63) is 43.8 Å². The fourth-order valence-electron chi connectivity index (χ4n) is 1.78. The molecule has 0 amide bonds. The van der Waals surface area contributed by atoms with E-state index in [-0.39, 0.29) is 5.82 Å². The number of imidazole rings is 1. The number of H-pyrrole nitrogens is 1. The SMILES string of the molecule is Fc1cc2[nH]c(=S)n(Cc3cncs3)c2cc1Br. The van der Waals surface area contributed by atoms with Gasteiger partial charge in [-0.05, 0) is 34.2 Å². The topological polar surface area (TPSA) is 33.6 Å². The van der Waals surface area contributed by atoms with Crippen LogP contribution in [0.25, 0.3) is 11.0 Å². The van der Waals surface area contributed by atoms with Crippen molar-refractivity contribution in [3.8, 4) is 0 Å². The summed E-state index contributed by atoms with van der Waals surface area (Å²) in [6.07, 6.45) is 1.81. The van der Waals surface area contributed by atoms with E-state index >= 15 is 0 Å². The number of hydrogen-bond donors (Lipinski definition) is 1. The van der Waals surface area contributed by atoms with Crippen LogP contribution in [-0.4, -0.2) is 14.5 Å². The molecule has 7 heteroatoms. The lowest BCUT2D eigenvalue weighted by molar-refractivity contribution is 0.622. The van der Waals surface area contributed by atoms with Gasteiger partial charge in [-0.25, -0.2) is 4.39 Å². The fraction of sp³-hybridized carbons (Fsp3) is 0.0909. The Morgan fingerprint density at radius 2 is 2.33 bits per heavy atom. The van der Waals surface area contributed by atoms with Crippen molar-refractivity contribution in [2.24, 2.45) is 0 Å². The molecule has 2 heterocycles. The third-order valence-corrected chi connectivity index (χ3v) is 4.31. The van der Waals surface area contributed by atoms with Crippen LogP contribution in [0.4, 0.5) is 4.39 Å². The maximum Gasteiger partial charge on any atom is 0.178 e.